The number of aryl methyl sites for hydroxylation is 1. The van der Waals surface area contributed by atoms with Crippen LogP contribution in [0.1, 0.15) is 17.2 Å². The van der Waals surface area contributed by atoms with Crippen LogP contribution in [0.4, 0.5) is 14.5 Å². The van der Waals surface area contributed by atoms with E-state index in [1.807, 2.05) is 31.2 Å². The van der Waals surface area contributed by atoms with Crippen LogP contribution in [-0.4, -0.2) is 6.54 Å². The van der Waals surface area contributed by atoms with Crippen molar-refractivity contribution in [1.82, 2.24) is 0 Å². The molecule has 0 bridgehead atoms. The summed E-state index contributed by atoms with van der Waals surface area (Å²) in [6.07, 6.45) is 0. The average molecular weight is 262 g/mol. The summed E-state index contributed by atoms with van der Waals surface area (Å²) < 4.78 is 26.2. The highest BCUT2D eigenvalue weighted by molar-refractivity contribution is 5.47. The van der Waals surface area contributed by atoms with Crippen LogP contribution in [0.2, 0.25) is 0 Å². The van der Waals surface area contributed by atoms with Gasteiger partial charge in [0.25, 0.3) is 0 Å². The summed E-state index contributed by atoms with van der Waals surface area (Å²) in [6, 6.07) is 11.4. The van der Waals surface area contributed by atoms with Gasteiger partial charge in [0.05, 0.1) is 6.04 Å². The molecule has 2 aromatic carbocycles. The Labute approximate surface area is 111 Å². The van der Waals surface area contributed by atoms with Crippen molar-refractivity contribution in [3.63, 3.8) is 0 Å². The van der Waals surface area contributed by atoms with Gasteiger partial charge in [0.15, 0.2) is 11.6 Å². The fraction of sp³-hybridized carbons (Fsp3) is 0.200. The van der Waals surface area contributed by atoms with E-state index in [4.69, 9.17) is 5.73 Å². The van der Waals surface area contributed by atoms with Crippen LogP contribution >= 0.6 is 0 Å². The van der Waals surface area contributed by atoms with E-state index in [9.17, 15) is 8.78 Å². The largest absolute Gasteiger partial charge is 0.377 e. The summed E-state index contributed by atoms with van der Waals surface area (Å²) in [4.78, 5) is 0. The van der Waals surface area contributed by atoms with Gasteiger partial charge in [0, 0.05) is 12.2 Å². The molecule has 0 aliphatic carbocycles. The van der Waals surface area contributed by atoms with Crippen LogP contribution in [0.15, 0.2) is 42.5 Å². The molecule has 3 N–H and O–H groups in total. The first-order valence-corrected chi connectivity index (χ1v) is 6.08. The molecule has 0 aliphatic rings. The van der Waals surface area contributed by atoms with Gasteiger partial charge in [-0.05, 0) is 42.3 Å². The molecule has 0 saturated carbocycles. The number of benzene rings is 2. The lowest BCUT2D eigenvalue weighted by atomic mass is 10.1. The summed E-state index contributed by atoms with van der Waals surface area (Å²) in [5.41, 5.74) is 8.35. The average Bonchev–Trinajstić information content (AvgIpc) is 2.39. The summed E-state index contributed by atoms with van der Waals surface area (Å²) >= 11 is 0. The zero-order valence-electron chi connectivity index (χ0n) is 10.7. The molecule has 0 heterocycles. The van der Waals surface area contributed by atoms with Crippen LogP contribution in [0.25, 0.3) is 0 Å². The molecule has 2 aromatic rings. The zero-order chi connectivity index (χ0) is 13.8. The van der Waals surface area contributed by atoms with Crippen LogP contribution in [0.3, 0.4) is 0 Å². The highest BCUT2D eigenvalue weighted by Gasteiger charge is 2.12. The standard InChI is InChI=1S/C15H16F2N2/c1-10-3-2-4-12(7-10)19-15(9-18)11-5-6-13(16)14(17)8-11/h2-8,15,19H,9,18H2,1H3. The topological polar surface area (TPSA) is 38.0 Å². The minimum Gasteiger partial charge on any atom is -0.377 e. The van der Waals surface area contributed by atoms with Crippen LogP contribution in [0.5, 0.6) is 0 Å². The van der Waals surface area contributed by atoms with Crippen LogP contribution in [-0.2, 0) is 0 Å². The Bertz CT molecular complexity index is 570. The first-order chi connectivity index (χ1) is 9.10. The van der Waals surface area contributed by atoms with E-state index in [0.717, 1.165) is 17.3 Å². The highest BCUT2D eigenvalue weighted by atomic mass is 19.2. The molecule has 1 unspecified atom stereocenters. The third-order valence-corrected chi connectivity index (χ3v) is 2.94. The molecule has 4 heteroatoms. The minimum atomic E-state index is -0.859. The Kier molecular flexibility index (Phi) is 4.12. The molecule has 2 nitrogen and oxygen atoms in total. The normalized spacial score (nSPS) is 12.2. The van der Waals surface area contributed by atoms with Crippen LogP contribution in [0, 0.1) is 18.6 Å². The van der Waals surface area contributed by atoms with Crippen molar-refractivity contribution in [1.29, 1.82) is 0 Å². The van der Waals surface area contributed by atoms with Gasteiger partial charge in [-0.15, -0.1) is 0 Å². The monoisotopic (exact) mass is 262 g/mol. The first kappa shape index (κ1) is 13.5. The SMILES string of the molecule is Cc1cccc(NC(CN)c2ccc(F)c(F)c2)c1. The maximum Gasteiger partial charge on any atom is 0.159 e. The molecule has 100 valence electrons. The summed E-state index contributed by atoms with van der Waals surface area (Å²) in [6.45, 7) is 2.28. The molecular weight excluding hydrogens is 246 g/mol. The number of nitrogens with one attached hydrogen (secondary N) is 1. The molecule has 0 aromatic heterocycles. The van der Waals surface area contributed by atoms with E-state index in [0.29, 0.717) is 12.1 Å². The van der Waals surface area contributed by atoms with Gasteiger partial charge in [-0.25, -0.2) is 8.78 Å². The fourth-order valence-electron chi connectivity index (χ4n) is 1.94. The first-order valence-electron chi connectivity index (χ1n) is 6.08. The molecule has 0 aliphatic heterocycles. The molecule has 0 amide bonds. The van der Waals surface area contributed by atoms with Crippen molar-refractivity contribution >= 4 is 5.69 Å². The second kappa shape index (κ2) is 5.80. The van der Waals surface area contributed by atoms with Gasteiger partial charge in [-0.3, -0.25) is 0 Å². The number of hydrogen-bond acceptors (Lipinski definition) is 2. The van der Waals surface area contributed by atoms with Crippen molar-refractivity contribution < 1.29 is 8.78 Å². The molecular formula is C15H16F2N2. The van der Waals surface area contributed by atoms with Crippen LogP contribution < -0.4 is 11.1 Å². The van der Waals surface area contributed by atoms with Gasteiger partial charge in [-0.2, -0.15) is 0 Å². The predicted octanol–water partition coefficient (Wildman–Crippen LogP) is 3.39. The second-order valence-electron chi connectivity index (χ2n) is 4.48. The Balaban J connectivity index is 2.22. The van der Waals surface area contributed by atoms with Gasteiger partial charge in [-0.1, -0.05) is 18.2 Å². The fourth-order valence-corrected chi connectivity index (χ4v) is 1.94. The summed E-state index contributed by atoms with van der Waals surface area (Å²) in [7, 11) is 0. The van der Waals surface area contributed by atoms with Crippen molar-refractivity contribution in [2.24, 2.45) is 5.73 Å². The molecule has 0 saturated heterocycles. The summed E-state index contributed by atoms with van der Waals surface area (Å²) in [5, 5.41) is 3.22. The number of nitrogens with two attached hydrogens (primary N) is 1. The van der Waals surface area contributed by atoms with E-state index in [1.165, 1.54) is 6.07 Å². The third-order valence-electron chi connectivity index (χ3n) is 2.94. The van der Waals surface area contributed by atoms with Gasteiger partial charge >= 0.3 is 0 Å². The lowest BCUT2D eigenvalue weighted by Crippen LogP contribution is -2.20. The highest BCUT2D eigenvalue weighted by Crippen LogP contribution is 2.21. The zero-order valence-corrected chi connectivity index (χ0v) is 10.7. The summed E-state index contributed by atoms with van der Waals surface area (Å²) in [5.74, 6) is -1.71. The lowest BCUT2D eigenvalue weighted by molar-refractivity contribution is 0.506. The molecule has 0 spiro atoms. The molecule has 0 radical (unpaired) electrons. The number of halogens is 2. The van der Waals surface area contributed by atoms with Crippen molar-refractivity contribution in [2.45, 2.75) is 13.0 Å². The predicted molar refractivity (Wildman–Crippen MR) is 73.0 cm³/mol. The Hall–Kier alpha value is -1.94. The second-order valence-corrected chi connectivity index (χ2v) is 4.48. The molecule has 0 fully saturated rings. The Morgan fingerprint density at radius 1 is 1.11 bits per heavy atom. The van der Waals surface area contributed by atoms with E-state index < -0.39 is 11.6 Å². The van der Waals surface area contributed by atoms with Gasteiger partial charge in [0.1, 0.15) is 0 Å². The van der Waals surface area contributed by atoms with E-state index in [1.54, 1.807) is 6.07 Å². The lowest BCUT2D eigenvalue weighted by Gasteiger charge is -2.19. The number of rotatable bonds is 4. The van der Waals surface area contributed by atoms with Gasteiger partial charge < -0.3 is 11.1 Å². The quantitative estimate of drug-likeness (QED) is 0.886. The number of anilines is 1. The smallest absolute Gasteiger partial charge is 0.159 e. The van der Waals surface area contributed by atoms with Gasteiger partial charge in [0.2, 0.25) is 0 Å². The van der Waals surface area contributed by atoms with E-state index in [2.05, 4.69) is 5.32 Å². The van der Waals surface area contributed by atoms with E-state index in [-0.39, 0.29) is 6.04 Å². The maximum absolute atomic E-state index is 13.2. The Morgan fingerprint density at radius 3 is 2.53 bits per heavy atom. The van der Waals surface area contributed by atoms with Crippen molar-refractivity contribution in [3.05, 3.63) is 65.2 Å². The van der Waals surface area contributed by atoms with Crippen molar-refractivity contribution in [3.8, 4) is 0 Å². The van der Waals surface area contributed by atoms with E-state index >= 15 is 0 Å². The third kappa shape index (κ3) is 3.29. The Morgan fingerprint density at radius 2 is 1.89 bits per heavy atom. The molecule has 2 rings (SSSR count). The molecule has 19 heavy (non-hydrogen) atoms. The van der Waals surface area contributed by atoms with Crippen molar-refractivity contribution in [2.75, 3.05) is 11.9 Å². The number of hydrogen-bond donors (Lipinski definition) is 2. The molecule has 1 atom stereocenters. The maximum atomic E-state index is 13.2. The minimum absolute atomic E-state index is 0.253.